The molecule has 1 aromatic carbocycles. The zero-order valence-electron chi connectivity index (χ0n) is 10.9. The zero-order valence-corrected chi connectivity index (χ0v) is 10.9. The number of hydrogen-bond acceptors (Lipinski definition) is 4. The summed E-state index contributed by atoms with van der Waals surface area (Å²) in [7, 11) is 0. The van der Waals surface area contributed by atoms with Gasteiger partial charge in [0, 0.05) is 17.7 Å². The molecule has 4 nitrogen and oxygen atoms in total. The summed E-state index contributed by atoms with van der Waals surface area (Å²) in [5, 5.41) is 17.0. The smallest absolute Gasteiger partial charge is 0.150 e. The van der Waals surface area contributed by atoms with Gasteiger partial charge in [-0.3, -0.25) is 0 Å². The molecule has 0 bridgehead atoms. The minimum absolute atomic E-state index is 0.0519. The molecule has 0 aliphatic heterocycles. The van der Waals surface area contributed by atoms with E-state index in [0.717, 1.165) is 22.6 Å². The quantitative estimate of drug-likeness (QED) is 0.871. The molecule has 0 radical (unpaired) electrons. The second-order valence-electron chi connectivity index (χ2n) is 4.60. The van der Waals surface area contributed by atoms with Gasteiger partial charge in [0.2, 0.25) is 0 Å². The Kier molecular flexibility index (Phi) is 3.67. The van der Waals surface area contributed by atoms with Crippen LogP contribution in [0.2, 0.25) is 0 Å². The van der Waals surface area contributed by atoms with Gasteiger partial charge in [0.25, 0.3) is 0 Å². The van der Waals surface area contributed by atoms with Gasteiger partial charge in [-0.2, -0.15) is 0 Å². The first-order valence-corrected chi connectivity index (χ1v) is 6.01. The summed E-state index contributed by atoms with van der Waals surface area (Å²) in [6.07, 6.45) is 0. The number of phenols is 1. The van der Waals surface area contributed by atoms with Crippen LogP contribution in [0.25, 0.3) is 0 Å². The lowest BCUT2D eigenvalue weighted by molar-refractivity contribution is 0.361. The Labute approximate surface area is 107 Å². The lowest BCUT2D eigenvalue weighted by atomic mass is 10.1. The average molecular weight is 246 g/mol. The number of nitrogens with zero attached hydrogens (tertiary/aromatic N) is 1. The number of phenolic OH excluding ortho intramolecular Hbond substituents is 1. The number of benzene rings is 1. The molecule has 0 aliphatic carbocycles. The Morgan fingerprint density at radius 2 is 2.11 bits per heavy atom. The van der Waals surface area contributed by atoms with Crippen LogP contribution in [0, 0.1) is 13.8 Å². The zero-order chi connectivity index (χ0) is 13.1. The van der Waals surface area contributed by atoms with Gasteiger partial charge in [0.15, 0.2) is 5.76 Å². The van der Waals surface area contributed by atoms with Crippen molar-refractivity contribution in [3.8, 4) is 5.75 Å². The molecule has 2 aromatic rings. The number of nitrogens with one attached hydrogen (secondary N) is 1. The number of aryl methyl sites for hydroxylation is 2. The Hall–Kier alpha value is -1.81. The molecule has 2 rings (SSSR count). The van der Waals surface area contributed by atoms with Crippen molar-refractivity contribution in [2.24, 2.45) is 0 Å². The SMILES string of the molecule is Cc1ccc(C(C)NCc2cc(C)no2)c(O)c1. The molecule has 0 spiro atoms. The summed E-state index contributed by atoms with van der Waals surface area (Å²) >= 11 is 0. The third kappa shape index (κ3) is 2.90. The molecule has 1 heterocycles. The minimum Gasteiger partial charge on any atom is -0.508 e. The van der Waals surface area contributed by atoms with Crippen LogP contribution in [0.4, 0.5) is 0 Å². The van der Waals surface area contributed by atoms with Gasteiger partial charge in [0.05, 0.1) is 12.2 Å². The van der Waals surface area contributed by atoms with Crippen molar-refractivity contribution in [3.63, 3.8) is 0 Å². The molecule has 4 heteroatoms. The molecule has 18 heavy (non-hydrogen) atoms. The van der Waals surface area contributed by atoms with E-state index >= 15 is 0 Å². The molecular formula is C14H18N2O2. The van der Waals surface area contributed by atoms with E-state index in [2.05, 4.69) is 10.5 Å². The Bertz CT molecular complexity index is 534. The summed E-state index contributed by atoms with van der Waals surface area (Å²) < 4.78 is 5.12. The van der Waals surface area contributed by atoms with Gasteiger partial charge >= 0.3 is 0 Å². The van der Waals surface area contributed by atoms with Gasteiger partial charge in [-0.05, 0) is 32.4 Å². The van der Waals surface area contributed by atoms with E-state index < -0.39 is 0 Å². The second kappa shape index (κ2) is 5.23. The van der Waals surface area contributed by atoms with Crippen molar-refractivity contribution < 1.29 is 9.63 Å². The predicted octanol–water partition coefficient (Wildman–Crippen LogP) is 2.85. The molecule has 1 atom stereocenters. The monoisotopic (exact) mass is 246 g/mol. The van der Waals surface area contributed by atoms with Crippen LogP contribution < -0.4 is 5.32 Å². The fraction of sp³-hybridized carbons (Fsp3) is 0.357. The highest BCUT2D eigenvalue weighted by atomic mass is 16.5. The molecule has 0 saturated carbocycles. The summed E-state index contributed by atoms with van der Waals surface area (Å²) in [6.45, 7) is 6.45. The molecule has 0 amide bonds. The van der Waals surface area contributed by atoms with Crippen LogP contribution in [-0.2, 0) is 6.54 Å². The molecular weight excluding hydrogens is 228 g/mol. The molecule has 1 unspecified atom stereocenters. The highest BCUT2D eigenvalue weighted by molar-refractivity contribution is 5.37. The lowest BCUT2D eigenvalue weighted by Gasteiger charge is -2.15. The normalized spacial score (nSPS) is 12.6. The molecule has 1 aromatic heterocycles. The van der Waals surface area contributed by atoms with E-state index in [1.807, 2.05) is 39.0 Å². The van der Waals surface area contributed by atoms with Gasteiger partial charge in [-0.15, -0.1) is 0 Å². The predicted molar refractivity (Wildman–Crippen MR) is 69.3 cm³/mol. The van der Waals surface area contributed by atoms with E-state index in [1.54, 1.807) is 6.07 Å². The maximum absolute atomic E-state index is 9.89. The summed E-state index contributed by atoms with van der Waals surface area (Å²) in [5.41, 5.74) is 2.81. The van der Waals surface area contributed by atoms with Gasteiger partial charge in [0.1, 0.15) is 5.75 Å². The van der Waals surface area contributed by atoms with Gasteiger partial charge < -0.3 is 14.9 Å². The highest BCUT2D eigenvalue weighted by Gasteiger charge is 2.11. The van der Waals surface area contributed by atoms with Crippen molar-refractivity contribution in [3.05, 3.63) is 46.8 Å². The highest BCUT2D eigenvalue weighted by Crippen LogP contribution is 2.25. The fourth-order valence-electron chi connectivity index (χ4n) is 1.88. The second-order valence-corrected chi connectivity index (χ2v) is 4.60. The fourth-order valence-corrected chi connectivity index (χ4v) is 1.88. The van der Waals surface area contributed by atoms with Crippen LogP contribution >= 0.6 is 0 Å². The van der Waals surface area contributed by atoms with Crippen LogP contribution in [0.1, 0.15) is 35.5 Å². The summed E-state index contributed by atoms with van der Waals surface area (Å²) in [4.78, 5) is 0. The maximum atomic E-state index is 9.89. The number of aromatic hydroxyl groups is 1. The number of hydrogen-bond donors (Lipinski definition) is 2. The minimum atomic E-state index is 0.0519. The third-order valence-corrected chi connectivity index (χ3v) is 2.91. The van der Waals surface area contributed by atoms with Crippen LogP contribution in [0.15, 0.2) is 28.8 Å². The van der Waals surface area contributed by atoms with Crippen LogP contribution in [0.5, 0.6) is 5.75 Å². The Balaban J connectivity index is 2.01. The Morgan fingerprint density at radius 1 is 1.33 bits per heavy atom. The van der Waals surface area contributed by atoms with Crippen molar-refractivity contribution in [2.45, 2.75) is 33.4 Å². The third-order valence-electron chi connectivity index (χ3n) is 2.91. The average Bonchev–Trinajstić information content (AvgIpc) is 2.72. The number of aromatic nitrogens is 1. The molecule has 0 aliphatic rings. The Morgan fingerprint density at radius 3 is 2.72 bits per heavy atom. The van der Waals surface area contributed by atoms with E-state index in [0.29, 0.717) is 12.3 Å². The molecule has 2 N–H and O–H groups in total. The first-order valence-electron chi connectivity index (χ1n) is 6.01. The van der Waals surface area contributed by atoms with E-state index in [-0.39, 0.29) is 6.04 Å². The maximum Gasteiger partial charge on any atom is 0.150 e. The van der Waals surface area contributed by atoms with Crippen LogP contribution in [0.3, 0.4) is 0 Å². The largest absolute Gasteiger partial charge is 0.508 e. The van der Waals surface area contributed by atoms with Gasteiger partial charge in [-0.1, -0.05) is 17.3 Å². The van der Waals surface area contributed by atoms with Crippen molar-refractivity contribution in [1.82, 2.24) is 10.5 Å². The lowest BCUT2D eigenvalue weighted by Crippen LogP contribution is -2.17. The topological polar surface area (TPSA) is 58.3 Å². The first kappa shape index (κ1) is 12.6. The summed E-state index contributed by atoms with van der Waals surface area (Å²) in [5.74, 6) is 1.12. The van der Waals surface area contributed by atoms with Gasteiger partial charge in [-0.25, -0.2) is 0 Å². The van der Waals surface area contributed by atoms with Crippen molar-refractivity contribution in [2.75, 3.05) is 0 Å². The standard InChI is InChI=1S/C14H18N2O2/c1-9-4-5-13(14(17)6-9)11(3)15-8-12-7-10(2)16-18-12/h4-7,11,15,17H,8H2,1-3H3. The van der Waals surface area contributed by atoms with E-state index in [4.69, 9.17) is 4.52 Å². The summed E-state index contributed by atoms with van der Waals surface area (Å²) in [6, 6.07) is 7.65. The van der Waals surface area contributed by atoms with Crippen molar-refractivity contribution in [1.29, 1.82) is 0 Å². The first-order chi connectivity index (χ1) is 8.56. The van der Waals surface area contributed by atoms with E-state index in [1.165, 1.54) is 0 Å². The van der Waals surface area contributed by atoms with Crippen LogP contribution in [-0.4, -0.2) is 10.3 Å². The molecule has 96 valence electrons. The van der Waals surface area contributed by atoms with E-state index in [9.17, 15) is 5.11 Å². The van der Waals surface area contributed by atoms with Crippen molar-refractivity contribution >= 4 is 0 Å². The number of rotatable bonds is 4. The molecule has 0 fully saturated rings. The molecule has 0 saturated heterocycles.